The molecule has 0 aliphatic heterocycles. The fourth-order valence-corrected chi connectivity index (χ4v) is 4.80. The van der Waals surface area contributed by atoms with E-state index in [1.165, 1.54) is 12.3 Å². The van der Waals surface area contributed by atoms with Gasteiger partial charge in [-0.15, -0.1) is 11.8 Å². The number of hydrogen-bond acceptors (Lipinski definition) is 3. The highest BCUT2D eigenvalue weighted by molar-refractivity contribution is 8.04. The predicted octanol–water partition coefficient (Wildman–Crippen LogP) is 4.17. The van der Waals surface area contributed by atoms with Crippen LogP contribution in [0.5, 0.6) is 0 Å². The molecule has 16 heavy (non-hydrogen) atoms. The Morgan fingerprint density at radius 1 is 1.25 bits per heavy atom. The van der Waals surface area contributed by atoms with Gasteiger partial charge in [0.15, 0.2) is 0 Å². The van der Waals surface area contributed by atoms with Crippen LogP contribution in [0.3, 0.4) is 0 Å². The van der Waals surface area contributed by atoms with Crippen LogP contribution in [0.4, 0.5) is 5.69 Å². The van der Waals surface area contributed by atoms with Crippen molar-refractivity contribution in [1.82, 2.24) is 0 Å². The van der Waals surface area contributed by atoms with Crippen molar-refractivity contribution in [3.8, 4) is 0 Å². The second kappa shape index (κ2) is 6.87. The van der Waals surface area contributed by atoms with Gasteiger partial charge in [-0.25, -0.2) is 0 Å². The quantitative estimate of drug-likeness (QED) is 0.332. The van der Waals surface area contributed by atoms with E-state index in [1.54, 1.807) is 23.9 Å². The maximum Gasteiger partial charge on any atom is 0.269 e. The van der Waals surface area contributed by atoms with Crippen LogP contribution < -0.4 is 0 Å². The molecule has 1 aromatic rings. The third-order valence-electron chi connectivity index (χ3n) is 2.36. The number of benzene rings is 1. The van der Waals surface area contributed by atoms with Gasteiger partial charge in [0.2, 0.25) is 0 Å². The van der Waals surface area contributed by atoms with Crippen LogP contribution in [0.25, 0.3) is 0 Å². The van der Waals surface area contributed by atoms with Crippen LogP contribution in [-0.2, 0) is 0 Å². The number of non-ortho nitro benzene ring substituents is 1. The summed E-state index contributed by atoms with van der Waals surface area (Å²) in [4.78, 5) is 11.2. The lowest BCUT2D eigenvalue weighted by atomic mass is 10.3. The fraction of sp³-hybridized carbons (Fsp3) is 0.455. The van der Waals surface area contributed by atoms with E-state index in [0.29, 0.717) is 0 Å². The Kier molecular flexibility index (Phi) is 5.78. The van der Waals surface area contributed by atoms with E-state index in [0.717, 1.165) is 10.4 Å². The van der Waals surface area contributed by atoms with Gasteiger partial charge in [0, 0.05) is 22.5 Å². The fourth-order valence-electron chi connectivity index (χ4n) is 1.24. The summed E-state index contributed by atoms with van der Waals surface area (Å²) in [5.74, 6) is 0. The Hall–Kier alpha value is -0.600. The van der Waals surface area contributed by atoms with Gasteiger partial charge in [-0.05, 0) is 24.5 Å². The van der Waals surface area contributed by atoms with Gasteiger partial charge < -0.3 is 0 Å². The van der Waals surface area contributed by atoms with E-state index in [4.69, 9.17) is 0 Å². The average molecular weight is 257 g/mol. The molecular weight excluding hydrogens is 241 g/mol. The molecule has 0 amide bonds. The summed E-state index contributed by atoms with van der Waals surface area (Å²) in [6.07, 6.45) is 2.51. The molecule has 0 aliphatic carbocycles. The monoisotopic (exact) mass is 257 g/mol. The number of thioether (sulfide) groups is 1. The molecule has 0 aromatic heterocycles. The molecule has 0 fully saturated rings. The summed E-state index contributed by atoms with van der Waals surface area (Å²) < 4.78 is 0. The third kappa shape index (κ3) is 4.11. The lowest BCUT2D eigenvalue weighted by molar-refractivity contribution is -0.384. The van der Waals surface area contributed by atoms with Gasteiger partial charge in [-0.2, -0.15) is 0 Å². The summed E-state index contributed by atoms with van der Waals surface area (Å²) in [6, 6.07) is 6.81. The minimum absolute atomic E-state index is 0.129. The lowest BCUT2D eigenvalue weighted by Gasteiger charge is -2.11. The first kappa shape index (κ1) is 13.5. The summed E-state index contributed by atoms with van der Waals surface area (Å²) in [6.45, 7) is 4.46. The van der Waals surface area contributed by atoms with E-state index in [-0.39, 0.29) is 18.5 Å². The minimum atomic E-state index is -0.362. The van der Waals surface area contributed by atoms with Crippen molar-refractivity contribution >= 4 is 25.4 Å². The summed E-state index contributed by atoms with van der Waals surface area (Å²) in [5.41, 5.74) is 1.32. The maximum atomic E-state index is 10.5. The van der Waals surface area contributed by atoms with Gasteiger partial charge in [0.1, 0.15) is 0 Å². The van der Waals surface area contributed by atoms with E-state index >= 15 is 0 Å². The molecule has 0 N–H and O–H groups in total. The van der Waals surface area contributed by atoms with Crippen LogP contribution in [0.15, 0.2) is 29.2 Å². The van der Waals surface area contributed by atoms with Crippen molar-refractivity contribution in [3.63, 3.8) is 0 Å². The van der Waals surface area contributed by atoms with Crippen LogP contribution in [0.2, 0.25) is 0 Å². The second-order valence-corrected chi connectivity index (χ2v) is 7.73. The van der Waals surface area contributed by atoms with Crippen LogP contribution in [0, 0.1) is 10.1 Å². The Morgan fingerprint density at radius 2 is 1.81 bits per heavy atom. The zero-order valence-electron chi connectivity index (χ0n) is 9.55. The maximum absolute atomic E-state index is 10.5. The Balaban J connectivity index is 2.52. The van der Waals surface area contributed by atoms with Crippen LogP contribution in [0.1, 0.15) is 13.8 Å². The van der Waals surface area contributed by atoms with Gasteiger partial charge in [0.05, 0.1) is 4.92 Å². The largest absolute Gasteiger partial charge is 0.269 e. The van der Waals surface area contributed by atoms with Crippen molar-refractivity contribution in [2.45, 2.75) is 18.7 Å². The first-order valence-corrected chi connectivity index (χ1v) is 8.15. The minimum Gasteiger partial charge on any atom is -0.258 e. The number of nitrogens with zero attached hydrogens (tertiary/aromatic N) is 1. The first-order valence-electron chi connectivity index (χ1n) is 5.27. The average Bonchev–Trinajstić information content (AvgIpc) is 2.31. The van der Waals surface area contributed by atoms with Crippen LogP contribution in [-0.4, -0.2) is 22.7 Å². The molecule has 0 bridgehead atoms. The standard InChI is InChI=1S/C11H16NO2PS/c1-3-15(4-2)9-16-11-7-5-10(6-8-11)12(13)14/h5-8H,3-4,9H2,1-2H3. The van der Waals surface area contributed by atoms with Crippen molar-refractivity contribution in [2.75, 3.05) is 17.8 Å². The molecule has 3 nitrogen and oxygen atoms in total. The zero-order chi connectivity index (χ0) is 12.0. The highest BCUT2D eigenvalue weighted by atomic mass is 32.2. The van der Waals surface area contributed by atoms with Gasteiger partial charge in [0.25, 0.3) is 5.69 Å². The molecule has 0 unspecified atom stereocenters. The van der Waals surface area contributed by atoms with Crippen LogP contribution >= 0.6 is 19.7 Å². The molecule has 1 aromatic carbocycles. The van der Waals surface area contributed by atoms with Crippen molar-refractivity contribution in [2.24, 2.45) is 0 Å². The van der Waals surface area contributed by atoms with Crippen molar-refractivity contribution < 1.29 is 4.92 Å². The Labute approximate surface area is 102 Å². The Morgan fingerprint density at radius 3 is 2.25 bits per heavy atom. The molecule has 0 spiro atoms. The summed E-state index contributed by atoms with van der Waals surface area (Å²) >= 11 is 1.80. The SMILES string of the molecule is CCP(CC)CSc1ccc([N+](=O)[O-])cc1. The molecule has 0 atom stereocenters. The first-order chi connectivity index (χ1) is 7.67. The Bertz CT molecular complexity index is 338. The van der Waals surface area contributed by atoms with Crippen molar-refractivity contribution in [1.29, 1.82) is 0 Å². The summed E-state index contributed by atoms with van der Waals surface area (Å²) in [7, 11) is 0.129. The molecular formula is C11H16NO2PS. The third-order valence-corrected chi connectivity index (χ3v) is 6.73. The molecule has 0 heterocycles. The molecule has 1 rings (SSSR count). The lowest BCUT2D eigenvalue weighted by Crippen LogP contribution is -1.88. The van der Waals surface area contributed by atoms with E-state index < -0.39 is 0 Å². The number of rotatable bonds is 6. The van der Waals surface area contributed by atoms with Gasteiger partial charge in [-0.1, -0.05) is 21.8 Å². The molecule has 0 saturated carbocycles. The number of nitro groups is 1. The number of hydrogen-bond donors (Lipinski definition) is 0. The second-order valence-electron chi connectivity index (χ2n) is 3.33. The molecule has 0 radical (unpaired) electrons. The molecule has 5 heteroatoms. The normalized spacial score (nSPS) is 10.7. The molecule has 0 aliphatic rings. The van der Waals surface area contributed by atoms with E-state index in [2.05, 4.69) is 13.8 Å². The highest BCUT2D eigenvalue weighted by Crippen LogP contribution is 2.40. The highest BCUT2D eigenvalue weighted by Gasteiger charge is 2.06. The summed E-state index contributed by atoms with van der Waals surface area (Å²) in [5, 5.41) is 10.5. The molecule has 0 saturated heterocycles. The van der Waals surface area contributed by atoms with Crippen molar-refractivity contribution in [3.05, 3.63) is 34.4 Å². The van der Waals surface area contributed by atoms with Gasteiger partial charge in [-0.3, -0.25) is 10.1 Å². The zero-order valence-corrected chi connectivity index (χ0v) is 11.3. The predicted molar refractivity (Wildman–Crippen MR) is 71.8 cm³/mol. The topological polar surface area (TPSA) is 43.1 Å². The van der Waals surface area contributed by atoms with E-state index in [9.17, 15) is 10.1 Å². The number of nitro benzene ring substituents is 1. The van der Waals surface area contributed by atoms with Gasteiger partial charge >= 0.3 is 0 Å². The molecule has 88 valence electrons. The smallest absolute Gasteiger partial charge is 0.258 e. The van der Waals surface area contributed by atoms with E-state index in [1.807, 2.05) is 12.1 Å².